The number of nitrogens with one attached hydrogen (secondary N) is 1. The third-order valence-corrected chi connectivity index (χ3v) is 4.35. The number of rotatable bonds is 7. The number of nitrogens with zero attached hydrogens (tertiary/aromatic N) is 1. The molecule has 0 aliphatic rings. The summed E-state index contributed by atoms with van der Waals surface area (Å²) in [5, 5.41) is 2.97. The minimum atomic E-state index is -1.03. The number of hydrogen-bond acceptors (Lipinski definition) is 3. The molecule has 4 nitrogen and oxygen atoms in total. The Morgan fingerprint density at radius 2 is 1.65 bits per heavy atom. The smallest absolute Gasteiger partial charge is 0.244 e. The molecule has 2 aromatic carbocycles. The van der Waals surface area contributed by atoms with Crippen molar-refractivity contribution < 1.29 is 4.79 Å². The lowest BCUT2D eigenvalue weighted by Crippen LogP contribution is -2.50. The van der Waals surface area contributed by atoms with Gasteiger partial charge >= 0.3 is 0 Å². The topological polar surface area (TPSA) is 58.4 Å². The summed E-state index contributed by atoms with van der Waals surface area (Å²) in [5.74, 6) is -0.158. The predicted octanol–water partition coefficient (Wildman–Crippen LogP) is 3.66. The molecule has 0 radical (unpaired) electrons. The summed E-state index contributed by atoms with van der Waals surface area (Å²) < 4.78 is 0. The molecule has 0 bridgehead atoms. The summed E-state index contributed by atoms with van der Waals surface area (Å²) in [5.41, 5.74) is 8.46. The zero-order chi connectivity index (χ0) is 17.6. The molecule has 0 saturated heterocycles. The molecule has 0 aromatic heterocycles. The molecule has 1 atom stereocenters. The number of amides is 1. The molecule has 3 N–H and O–H groups in total. The number of likely N-dealkylation sites (N-methyl/N-ethyl adjacent to an activating group) is 1. The molecular weight excluding hydrogens is 369 g/mol. The number of para-hydroxylation sites is 1. The number of halogens is 2. The van der Waals surface area contributed by atoms with Crippen LogP contribution in [0.3, 0.4) is 0 Å². The molecular formula is C20H29Cl2N3O. The van der Waals surface area contributed by atoms with E-state index in [4.69, 9.17) is 5.73 Å². The van der Waals surface area contributed by atoms with Gasteiger partial charge in [0.2, 0.25) is 5.91 Å². The second-order valence-corrected chi connectivity index (χ2v) is 6.19. The fraction of sp³-hybridized carbons (Fsp3) is 0.350. The highest BCUT2D eigenvalue weighted by Crippen LogP contribution is 2.19. The van der Waals surface area contributed by atoms with E-state index in [0.717, 1.165) is 18.7 Å². The first-order valence-corrected chi connectivity index (χ1v) is 8.40. The fourth-order valence-electron chi connectivity index (χ4n) is 2.77. The van der Waals surface area contributed by atoms with Crippen molar-refractivity contribution in [3.05, 3.63) is 65.7 Å². The van der Waals surface area contributed by atoms with Crippen molar-refractivity contribution >= 4 is 36.4 Å². The average Bonchev–Trinajstić information content (AvgIpc) is 2.60. The zero-order valence-corrected chi connectivity index (χ0v) is 17.2. The molecule has 6 heteroatoms. The van der Waals surface area contributed by atoms with Crippen LogP contribution in [0.25, 0.3) is 0 Å². The first-order valence-electron chi connectivity index (χ1n) is 8.40. The van der Waals surface area contributed by atoms with Crippen molar-refractivity contribution in [3.8, 4) is 0 Å². The van der Waals surface area contributed by atoms with Gasteiger partial charge in [-0.05, 0) is 38.0 Å². The van der Waals surface area contributed by atoms with Crippen LogP contribution in [-0.2, 0) is 10.3 Å². The summed E-state index contributed by atoms with van der Waals surface area (Å²) >= 11 is 0. The number of carbonyl (C=O) groups is 1. The summed E-state index contributed by atoms with van der Waals surface area (Å²) in [6, 6.07) is 17.7. The molecule has 1 amide bonds. The molecule has 0 spiro atoms. The van der Waals surface area contributed by atoms with Crippen LogP contribution in [0.15, 0.2) is 54.6 Å². The van der Waals surface area contributed by atoms with Gasteiger partial charge in [0.05, 0.1) is 0 Å². The van der Waals surface area contributed by atoms with E-state index >= 15 is 0 Å². The number of nitrogens with two attached hydrogens (primary N) is 1. The van der Waals surface area contributed by atoms with Gasteiger partial charge in [0.15, 0.2) is 0 Å². The highest BCUT2D eigenvalue weighted by Gasteiger charge is 2.29. The van der Waals surface area contributed by atoms with Crippen LogP contribution < -0.4 is 16.0 Å². The largest absolute Gasteiger partial charge is 0.370 e. The SMILES string of the molecule is CCN(CCNC(=O)C(C)(N)c1ccccc1)c1ccccc1C.Cl.Cl. The van der Waals surface area contributed by atoms with E-state index in [1.807, 2.05) is 42.5 Å². The maximum atomic E-state index is 12.5. The first-order chi connectivity index (χ1) is 11.5. The van der Waals surface area contributed by atoms with E-state index in [0.29, 0.717) is 6.54 Å². The Labute approximate surface area is 169 Å². The summed E-state index contributed by atoms with van der Waals surface area (Å²) in [4.78, 5) is 14.7. The Hall–Kier alpha value is -1.75. The van der Waals surface area contributed by atoms with E-state index in [1.54, 1.807) is 6.92 Å². The van der Waals surface area contributed by atoms with Crippen LogP contribution in [0.4, 0.5) is 5.69 Å². The molecule has 0 aliphatic heterocycles. The van der Waals surface area contributed by atoms with Crippen molar-refractivity contribution in [2.45, 2.75) is 26.3 Å². The van der Waals surface area contributed by atoms with E-state index in [-0.39, 0.29) is 30.7 Å². The lowest BCUT2D eigenvalue weighted by molar-refractivity contribution is -0.126. The Balaban J connectivity index is 0.00000312. The predicted molar refractivity (Wildman–Crippen MR) is 115 cm³/mol. The van der Waals surface area contributed by atoms with Crippen LogP contribution in [0, 0.1) is 6.92 Å². The van der Waals surface area contributed by atoms with Gasteiger partial charge in [0.1, 0.15) is 5.54 Å². The van der Waals surface area contributed by atoms with Gasteiger partial charge in [-0.2, -0.15) is 0 Å². The number of aryl methyl sites for hydroxylation is 1. The monoisotopic (exact) mass is 397 g/mol. The molecule has 144 valence electrons. The summed E-state index contributed by atoms with van der Waals surface area (Å²) in [7, 11) is 0. The van der Waals surface area contributed by atoms with Crippen LogP contribution in [0.5, 0.6) is 0 Å². The van der Waals surface area contributed by atoms with Gasteiger partial charge in [0.25, 0.3) is 0 Å². The van der Waals surface area contributed by atoms with Crippen molar-refractivity contribution in [1.29, 1.82) is 0 Å². The molecule has 1 unspecified atom stereocenters. The molecule has 0 fully saturated rings. The van der Waals surface area contributed by atoms with E-state index in [1.165, 1.54) is 11.3 Å². The number of hydrogen-bond donors (Lipinski definition) is 2. The van der Waals surface area contributed by atoms with Crippen molar-refractivity contribution in [2.75, 3.05) is 24.5 Å². The van der Waals surface area contributed by atoms with Crippen LogP contribution in [0.2, 0.25) is 0 Å². The van der Waals surface area contributed by atoms with Gasteiger partial charge < -0.3 is 16.0 Å². The third-order valence-electron chi connectivity index (χ3n) is 4.35. The Morgan fingerprint density at radius 1 is 1.08 bits per heavy atom. The highest BCUT2D eigenvalue weighted by atomic mass is 35.5. The molecule has 0 aliphatic carbocycles. The van der Waals surface area contributed by atoms with Gasteiger partial charge in [-0.1, -0.05) is 48.5 Å². The molecule has 26 heavy (non-hydrogen) atoms. The number of anilines is 1. The van der Waals surface area contributed by atoms with Gasteiger partial charge in [-0.3, -0.25) is 4.79 Å². The fourth-order valence-corrected chi connectivity index (χ4v) is 2.77. The molecule has 2 rings (SSSR count). The summed E-state index contributed by atoms with van der Waals surface area (Å²) in [6.07, 6.45) is 0. The van der Waals surface area contributed by atoms with E-state index < -0.39 is 5.54 Å². The minimum Gasteiger partial charge on any atom is -0.370 e. The number of carbonyl (C=O) groups excluding carboxylic acids is 1. The third kappa shape index (κ3) is 5.90. The maximum Gasteiger partial charge on any atom is 0.244 e. The van der Waals surface area contributed by atoms with Gasteiger partial charge in [0, 0.05) is 25.3 Å². The van der Waals surface area contributed by atoms with Gasteiger partial charge in [-0.25, -0.2) is 0 Å². The second-order valence-electron chi connectivity index (χ2n) is 6.19. The normalized spacial score (nSPS) is 12.2. The first kappa shape index (κ1) is 24.2. The molecule has 0 heterocycles. The maximum absolute atomic E-state index is 12.5. The quantitative estimate of drug-likeness (QED) is 0.749. The van der Waals surface area contributed by atoms with Crippen molar-refractivity contribution in [2.24, 2.45) is 5.73 Å². The minimum absolute atomic E-state index is 0. The highest BCUT2D eigenvalue weighted by molar-refractivity contribution is 5.87. The van der Waals surface area contributed by atoms with Crippen LogP contribution >= 0.6 is 24.8 Å². The Bertz CT molecular complexity index is 678. The summed E-state index contributed by atoms with van der Waals surface area (Å²) in [6.45, 7) is 8.16. The lowest BCUT2D eigenvalue weighted by atomic mass is 9.92. The van der Waals surface area contributed by atoms with Crippen LogP contribution in [0.1, 0.15) is 25.0 Å². The standard InChI is InChI=1S/C20H27N3O.2ClH/c1-4-23(18-13-9-8-10-16(18)2)15-14-22-19(24)20(3,21)17-11-6-5-7-12-17;;/h5-13H,4,14-15,21H2,1-3H3,(H,22,24);2*1H. The lowest BCUT2D eigenvalue weighted by Gasteiger charge is -2.27. The number of benzene rings is 2. The zero-order valence-electron chi connectivity index (χ0n) is 15.6. The van der Waals surface area contributed by atoms with Crippen molar-refractivity contribution in [1.82, 2.24) is 5.32 Å². The van der Waals surface area contributed by atoms with E-state index in [2.05, 4.69) is 36.2 Å². The van der Waals surface area contributed by atoms with Crippen LogP contribution in [-0.4, -0.2) is 25.5 Å². The Morgan fingerprint density at radius 3 is 2.23 bits per heavy atom. The molecule has 0 saturated carbocycles. The second kappa shape index (κ2) is 11.1. The molecule has 2 aromatic rings. The van der Waals surface area contributed by atoms with E-state index in [9.17, 15) is 4.79 Å². The van der Waals surface area contributed by atoms with Crippen molar-refractivity contribution in [3.63, 3.8) is 0 Å². The van der Waals surface area contributed by atoms with Gasteiger partial charge in [-0.15, -0.1) is 24.8 Å². The Kier molecular flexibility index (Phi) is 10.3. The average molecular weight is 398 g/mol.